The van der Waals surface area contributed by atoms with E-state index < -0.39 is 13.9 Å². The van der Waals surface area contributed by atoms with E-state index in [9.17, 15) is 4.79 Å². The van der Waals surface area contributed by atoms with Crippen LogP contribution in [-0.2, 0) is 29.1 Å². The van der Waals surface area contributed by atoms with E-state index in [1.54, 1.807) is 0 Å². The van der Waals surface area contributed by atoms with Crippen molar-refractivity contribution in [2.45, 2.75) is 128 Å². The molecule has 0 N–H and O–H groups in total. The number of benzene rings is 2. The molecule has 47 heavy (non-hydrogen) atoms. The lowest BCUT2D eigenvalue weighted by molar-refractivity contribution is -0.00238. The second-order valence-corrected chi connectivity index (χ2v) is 22.1. The minimum Gasteiger partial charge on any atom is -0.444 e. The lowest BCUT2D eigenvalue weighted by Gasteiger charge is -2.43. The molecule has 1 fully saturated rings. The highest BCUT2D eigenvalue weighted by molar-refractivity contribution is 7.11. The van der Waals surface area contributed by atoms with E-state index in [1.165, 1.54) is 16.1 Å². The molecule has 4 aromatic rings. The molecule has 1 aliphatic heterocycles. The van der Waals surface area contributed by atoms with Crippen LogP contribution in [0.3, 0.4) is 0 Å². The van der Waals surface area contributed by atoms with Crippen molar-refractivity contribution in [3.8, 4) is 0 Å². The molecule has 1 aliphatic carbocycles. The number of carbonyl (C=O) groups is 1. The molecule has 3 heterocycles. The van der Waals surface area contributed by atoms with Gasteiger partial charge < -0.3 is 13.7 Å². The van der Waals surface area contributed by atoms with Gasteiger partial charge in [0.25, 0.3) is 0 Å². The molecule has 4 atom stereocenters. The average Bonchev–Trinajstić information content (AvgIpc) is 3.73. The third kappa shape index (κ3) is 6.81. The van der Waals surface area contributed by atoms with E-state index >= 15 is 0 Å². The predicted octanol–water partition coefficient (Wildman–Crippen LogP) is 9.49. The number of hydrogen-bond acceptors (Lipinski definition) is 6. The van der Waals surface area contributed by atoms with E-state index in [4.69, 9.17) is 19.1 Å². The van der Waals surface area contributed by atoms with E-state index in [-0.39, 0.29) is 35.2 Å². The smallest absolute Gasteiger partial charge is 0.410 e. The minimum absolute atomic E-state index is 0.0138. The van der Waals surface area contributed by atoms with Crippen LogP contribution in [0.4, 0.5) is 4.79 Å². The topological polar surface area (TPSA) is 69.5 Å². The van der Waals surface area contributed by atoms with Crippen LogP contribution in [0.1, 0.15) is 105 Å². The van der Waals surface area contributed by atoms with Crippen molar-refractivity contribution in [1.82, 2.24) is 19.4 Å². The normalized spacial score (nSPS) is 21.0. The van der Waals surface area contributed by atoms with E-state index in [1.807, 2.05) is 43.1 Å². The zero-order valence-electron chi connectivity index (χ0n) is 29.9. The molecule has 0 saturated carbocycles. The number of thiazole rings is 1. The molecule has 6 rings (SSSR count). The molecule has 2 aromatic heterocycles. The highest BCUT2D eigenvalue weighted by atomic mass is 32.1. The fourth-order valence-electron chi connectivity index (χ4n) is 7.09. The van der Waals surface area contributed by atoms with E-state index in [0.717, 1.165) is 59.5 Å². The molecular formula is C38H52N4O3SSi. The summed E-state index contributed by atoms with van der Waals surface area (Å²) in [5, 5.41) is 1.17. The van der Waals surface area contributed by atoms with Gasteiger partial charge in [-0.25, -0.2) is 14.8 Å². The molecule has 0 radical (unpaired) electrons. The summed E-state index contributed by atoms with van der Waals surface area (Å²) in [6.45, 7) is 19.3. The fourth-order valence-corrected chi connectivity index (χ4v) is 9.38. The maximum Gasteiger partial charge on any atom is 0.410 e. The molecule has 252 valence electrons. The zero-order valence-corrected chi connectivity index (χ0v) is 31.7. The van der Waals surface area contributed by atoms with Gasteiger partial charge in [0, 0.05) is 18.0 Å². The maximum atomic E-state index is 14.1. The number of ether oxygens (including phenoxy) is 1. The summed E-state index contributed by atoms with van der Waals surface area (Å²) in [6.07, 6.45) is 4.11. The summed E-state index contributed by atoms with van der Waals surface area (Å²) < 4.78 is 15.5. The van der Waals surface area contributed by atoms with Gasteiger partial charge >= 0.3 is 6.09 Å². The first kappa shape index (κ1) is 33.9. The first-order valence-electron chi connectivity index (χ1n) is 17.2. The van der Waals surface area contributed by atoms with Gasteiger partial charge in [-0.3, -0.25) is 4.90 Å². The molecule has 1 amide bonds. The number of rotatable bonds is 7. The van der Waals surface area contributed by atoms with Crippen LogP contribution in [-0.4, -0.2) is 51.5 Å². The summed E-state index contributed by atoms with van der Waals surface area (Å²) in [5.41, 5.74) is 5.04. The summed E-state index contributed by atoms with van der Waals surface area (Å²) >= 11 is 1.82. The van der Waals surface area contributed by atoms with Gasteiger partial charge in [-0.05, 0) is 101 Å². The predicted molar refractivity (Wildman–Crippen MR) is 194 cm³/mol. The number of nitrogens with zero attached hydrogens (tertiary/aromatic N) is 4. The number of hydrogen-bond donors (Lipinski definition) is 0. The van der Waals surface area contributed by atoms with Crippen LogP contribution in [0.5, 0.6) is 0 Å². The lowest BCUT2D eigenvalue weighted by Crippen LogP contribution is -2.50. The van der Waals surface area contributed by atoms with E-state index in [2.05, 4.69) is 94.9 Å². The summed E-state index contributed by atoms with van der Waals surface area (Å²) in [5.74, 6) is 1.33. The molecular weight excluding hydrogens is 621 g/mol. The number of aromatic nitrogens is 3. The van der Waals surface area contributed by atoms with Crippen molar-refractivity contribution in [3.05, 3.63) is 81.1 Å². The van der Waals surface area contributed by atoms with Crippen molar-refractivity contribution in [1.29, 1.82) is 0 Å². The first-order valence-corrected chi connectivity index (χ1v) is 20.9. The Morgan fingerprint density at radius 2 is 1.74 bits per heavy atom. The van der Waals surface area contributed by atoms with E-state index in [0.29, 0.717) is 0 Å². The van der Waals surface area contributed by atoms with Crippen molar-refractivity contribution < 1.29 is 14.0 Å². The fraction of sp³-hybridized carbons (Fsp3) is 0.553. The van der Waals surface area contributed by atoms with Crippen LogP contribution in [0.25, 0.3) is 11.0 Å². The molecule has 1 saturated heterocycles. The number of imidazole rings is 1. The van der Waals surface area contributed by atoms with Gasteiger partial charge in [0.15, 0.2) is 8.32 Å². The summed E-state index contributed by atoms with van der Waals surface area (Å²) in [7, 11) is -0.0602. The highest BCUT2D eigenvalue weighted by Crippen LogP contribution is 2.45. The van der Waals surface area contributed by atoms with Crippen molar-refractivity contribution in [3.63, 3.8) is 0 Å². The van der Waals surface area contributed by atoms with Gasteiger partial charge in [-0.2, -0.15) is 0 Å². The lowest BCUT2D eigenvalue weighted by atomic mass is 10.0. The van der Waals surface area contributed by atoms with Gasteiger partial charge in [0.1, 0.15) is 11.4 Å². The summed E-state index contributed by atoms with van der Waals surface area (Å²) in [6, 6.07) is 17.0. The zero-order chi connectivity index (χ0) is 33.9. The Morgan fingerprint density at radius 1 is 1.02 bits per heavy atom. The van der Waals surface area contributed by atoms with Crippen molar-refractivity contribution in [2.75, 3.05) is 0 Å². The van der Waals surface area contributed by atoms with Gasteiger partial charge in [-0.1, -0.05) is 57.2 Å². The standard InChI is InChI=1S/C38H52N4O3SSi/c1-24-39-33-28(18-21-32(33)46-24)35-40-29-23-25(16-19-30(29)41(35)8)22-27-17-20-31(42(27)36(43)44-37(2,3)4)34(26-14-12-11-13-15-26)45-47(9,10)38(5,6)7/h11-16,19,23,27-28,31,34H,17-18,20-22H2,1-10H3/t27-,28-,31+,34+/m0/s1. The average molecular weight is 673 g/mol. The SMILES string of the molecule is Cc1nc2c(s1)CC[C@@H]2c1nc2cc(C[C@@H]3CC[C@H]([C@H](O[Si](C)(C)C(C)(C)C)c4ccccc4)N3C(=O)OC(C)(C)C)ccc2n1C. The van der Waals surface area contributed by atoms with Gasteiger partial charge in [0.05, 0.1) is 39.8 Å². The minimum atomic E-state index is -2.18. The maximum absolute atomic E-state index is 14.1. The quantitative estimate of drug-likeness (QED) is 0.183. The number of amides is 1. The Bertz CT molecular complexity index is 1750. The van der Waals surface area contributed by atoms with Gasteiger partial charge in [0.2, 0.25) is 0 Å². The molecule has 0 bridgehead atoms. The third-order valence-electron chi connectivity index (χ3n) is 10.4. The van der Waals surface area contributed by atoms with Gasteiger partial charge in [-0.15, -0.1) is 11.3 Å². The molecule has 7 nitrogen and oxygen atoms in total. The molecule has 9 heteroatoms. The second-order valence-electron chi connectivity index (χ2n) is 16.1. The Balaban J connectivity index is 1.32. The van der Waals surface area contributed by atoms with Crippen molar-refractivity contribution in [2.24, 2.45) is 7.05 Å². The number of likely N-dealkylation sites (tertiary alicyclic amines) is 1. The molecule has 0 spiro atoms. The third-order valence-corrected chi connectivity index (χ3v) is 15.9. The highest BCUT2D eigenvalue weighted by Gasteiger charge is 2.47. The molecule has 2 aliphatic rings. The van der Waals surface area contributed by atoms with Crippen LogP contribution in [0, 0.1) is 6.92 Å². The molecule has 2 aromatic carbocycles. The number of aryl methyl sites for hydroxylation is 3. The largest absolute Gasteiger partial charge is 0.444 e. The molecule has 0 unspecified atom stereocenters. The number of fused-ring (bicyclic) bond motifs is 2. The second kappa shape index (κ2) is 12.5. The van der Waals surface area contributed by atoms with Crippen LogP contribution < -0.4 is 0 Å². The Morgan fingerprint density at radius 3 is 2.43 bits per heavy atom. The number of carbonyl (C=O) groups excluding carboxylic acids is 1. The van der Waals surface area contributed by atoms with Crippen LogP contribution >= 0.6 is 11.3 Å². The summed E-state index contributed by atoms with van der Waals surface area (Å²) in [4.78, 5) is 27.6. The Labute approximate surface area is 285 Å². The monoisotopic (exact) mass is 672 g/mol. The Kier molecular flexibility index (Phi) is 8.98. The Hall–Kier alpha value is -3.01. The first-order chi connectivity index (χ1) is 22.0. The van der Waals surface area contributed by atoms with Crippen LogP contribution in [0.2, 0.25) is 18.1 Å². The van der Waals surface area contributed by atoms with Crippen LogP contribution in [0.15, 0.2) is 48.5 Å². The van der Waals surface area contributed by atoms with Crippen molar-refractivity contribution >= 4 is 36.8 Å².